The maximum absolute atomic E-state index is 5.81. The van der Waals surface area contributed by atoms with E-state index in [1.165, 1.54) is 0 Å². The maximum Gasteiger partial charge on any atom is 0.161 e. The topological polar surface area (TPSA) is 52.6 Å². The van der Waals surface area contributed by atoms with E-state index in [0.29, 0.717) is 26.4 Å². The molecule has 0 radical (unpaired) electrons. The van der Waals surface area contributed by atoms with E-state index in [1.54, 1.807) is 6.20 Å². The van der Waals surface area contributed by atoms with Crippen LogP contribution in [0.3, 0.4) is 0 Å². The van der Waals surface area contributed by atoms with Crippen molar-refractivity contribution in [2.24, 2.45) is 0 Å². The first kappa shape index (κ1) is 18.6. The van der Waals surface area contributed by atoms with Gasteiger partial charge in [0.05, 0.1) is 6.61 Å². The summed E-state index contributed by atoms with van der Waals surface area (Å²) in [7, 11) is 0. The van der Waals surface area contributed by atoms with Crippen molar-refractivity contribution < 1.29 is 14.2 Å². The van der Waals surface area contributed by atoms with Gasteiger partial charge in [-0.3, -0.25) is 0 Å². The lowest BCUT2D eigenvalue weighted by atomic mass is 10.2. The molecule has 0 bridgehead atoms. The average molecular weight is 364 g/mol. The molecule has 0 amide bonds. The molecule has 0 saturated carbocycles. The summed E-state index contributed by atoms with van der Waals surface area (Å²) in [6, 6.07) is 21.4. The van der Waals surface area contributed by atoms with Crippen molar-refractivity contribution in [3.05, 3.63) is 78.5 Å². The van der Waals surface area contributed by atoms with Gasteiger partial charge in [0.2, 0.25) is 0 Å². The zero-order valence-corrected chi connectivity index (χ0v) is 15.4. The fourth-order valence-electron chi connectivity index (χ4n) is 2.56. The molecule has 0 saturated heterocycles. The normalized spacial score (nSPS) is 10.3. The van der Waals surface area contributed by atoms with E-state index in [1.807, 2.05) is 67.6 Å². The minimum absolute atomic E-state index is 0.445. The third-order valence-electron chi connectivity index (χ3n) is 3.80. The summed E-state index contributed by atoms with van der Waals surface area (Å²) in [6.45, 7) is 4.15. The number of hydrogen-bond donors (Lipinski definition) is 1. The Morgan fingerprint density at radius 2 is 1.59 bits per heavy atom. The second-order valence-corrected chi connectivity index (χ2v) is 5.79. The third kappa shape index (κ3) is 5.92. The molecule has 3 aromatic rings. The van der Waals surface area contributed by atoms with E-state index in [0.717, 1.165) is 28.6 Å². The van der Waals surface area contributed by atoms with Gasteiger partial charge in [-0.15, -0.1) is 0 Å². The van der Waals surface area contributed by atoms with Crippen LogP contribution in [-0.2, 0) is 6.54 Å². The van der Waals surface area contributed by atoms with Crippen molar-refractivity contribution in [2.75, 3.05) is 25.1 Å². The predicted molar refractivity (Wildman–Crippen MR) is 107 cm³/mol. The molecule has 0 spiro atoms. The van der Waals surface area contributed by atoms with Crippen LogP contribution in [0.25, 0.3) is 0 Å². The van der Waals surface area contributed by atoms with Gasteiger partial charge in [0.15, 0.2) is 11.5 Å². The van der Waals surface area contributed by atoms with Crippen LogP contribution in [-0.4, -0.2) is 24.8 Å². The Labute approximate surface area is 159 Å². The lowest BCUT2D eigenvalue weighted by Gasteiger charge is -2.12. The number of nitrogens with one attached hydrogen (secondary N) is 1. The van der Waals surface area contributed by atoms with Crippen molar-refractivity contribution in [1.82, 2.24) is 4.98 Å². The summed E-state index contributed by atoms with van der Waals surface area (Å²) in [6.07, 6.45) is 1.77. The largest absolute Gasteiger partial charge is 0.490 e. The Kier molecular flexibility index (Phi) is 6.92. The first-order chi connectivity index (χ1) is 13.3. The van der Waals surface area contributed by atoms with E-state index < -0.39 is 0 Å². The van der Waals surface area contributed by atoms with Gasteiger partial charge in [0, 0.05) is 12.7 Å². The highest BCUT2D eigenvalue weighted by molar-refractivity contribution is 5.39. The second kappa shape index (κ2) is 10.1. The Morgan fingerprint density at radius 1 is 0.815 bits per heavy atom. The number of anilines is 1. The summed E-state index contributed by atoms with van der Waals surface area (Å²) in [5.41, 5.74) is 1.13. The van der Waals surface area contributed by atoms with Crippen LogP contribution < -0.4 is 19.5 Å². The number of pyridine rings is 1. The Morgan fingerprint density at radius 3 is 2.37 bits per heavy atom. The number of benzene rings is 2. The van der Waals surface area contributed by atoms with Crippen LogP contribution in [0.1, 0.15) is 12.5 Å². The number of aromatic nitrogens is 1. The van der Waals surface area contributed by atoms with Crippen LogP contribution in [0.4, 0.5) is 5.82 Å². The highest BCUT2D eigenvalue weighted by atomic mass is 16.5. The highest BCUT2D eigenvalue weighted by Crippen LogP contribution is 2.26. The molecule has 140 valence electrons. The van der Waals surface area contributed by atoms with Crippen LogP contribution >= 0.6 is 0 Å². The van der Waals surface area contributed by atoms with Gasteiger partial charge in [-0.2, -0.15) is 0 Å². The number of hydrogen-bond acceptors (Lipinski definition) is 5. The summed E-state index contributed by atoms with van der Waals surface area (Å²) in [5, 5.41) is 3.29. The van der Waals surface area contributed by atoms with Crippen molar-refractivity contribution in [1.29, 1.82) is 0 Å². The molecule has 5 heteroatoms. The minimum Gasteiger partial charge on any atom is -0.490 e. The van der Waals surface area contributed by atoms with Crippen LogP contribution in [0.2, 0.25) is 0 Å². The van der Waals surface area contributed by atoms with Gasteiger partial charge in [0.1, 0.15) is 24.8 Å². The standard InChI is InChI=1S/C22H24N2O3/c1-2-25-20-10-3-4-11-21(20)27-15-14-26-19-9-7-8-18(16-19)17-24-22-12-5-6-13-23-22/h3-13,16H,2,14-15,17H2,1H3,(H,23,24). The van der Waals surface area contributed by atoms with Gasteiger partial charge < -0.3 is 19.5 Å². The Balaban J connectivity index is 1.46. The van der Waals surface area contributed by atoms with E-state index >= 15 is 0 Å². The van der Waals surface area contributed by atoms with Crippen LogP contribution in [0, 0.1) is 0 Å². The lowest BCUT2D eigenvalue weighted by molar-refractivity contribution is 0.208. The number of ether oxygens (including phenoxy) is 3. The smallest absolute Gasteiger partial charge is 0.161 e. The molecule has 1 N–H and O–H groups in total. The van der Waals surface area contributed by atoms with Crippen molar-refractivity contribution in [3.8, 4) is 17.2 Å². The first-order valence-electron chi connectivity index (χ1n) is 9.06. The van der Waals surface area contributed by atoms with E-state index in [9.17, 15) is 0 Å². The first-order valence-corrected chi connectivity index (χ1v) is 9.06. The molecule has 2 aromatic carbocycles. The quantitative estimate of drug-likeness (QED) is 0.535. The fraction of sp³-hybridized carbons (Fsp3) is 0.227. The van der Waals surface area contributed by atoms with Gasteiger partial charge in [-0.1, -0.05) is 30.3 Å². The SMILES string of the molecule is CCOc1ccccc1OCCOc1cccc(CNc2ccccn2)c1. The summed E-state index contributed by atoms with van der Waals surface area (Å²) in [4.78, 5) is 4.26. The van der Waals surface area contributed by atoms with Crippen molar-refractivity contribution in [2.45, 2.75) is 13.5 Å². The average Bonchev–Trinajstić information content (AvgIpc) is 2.72. The zero-order valence-electron chi connectivity index (χ0n) is 15.4. The summed E-state index contributed by atoms with van der Waals surface area (Å²) in [5.74, 6) is 3.15. The molecule has 1 aromatic heterocycles. The Bertz CT molecular complexity index is 825. The molecule has 0 aliphatic carbocycles. The molecule has 3 rings (SSSR count). The van der Waals surface area contributed by atoms with Crippen molar-refractivity contribution >= 4 is 5.82 Å². The molecule has 1 heterocycles. The number of nitrogens with zero attached hydrogens (tertiary/aromatic N) is 1. The highest BCUT2D eigenvalue weighted by Gasteiger charge is 2.04. The molecule has 0 aliphatic heterocycles. The predicted octanol–water partition coefficient (Wildman–Crippen LogP) is 4.55. The molecule has 0 unspecified atom stereocenters. The number of rotatable bonds is 10. The van der Waals surface area contributed by atoms with Gasteiger partial charge in [-0.05, 0) is 48.9 Å². The van der Waals surface area contributed by atoms with Crippen LogP contribution in [0.15, 0.2) is 72.9 Å². The fourth-order valence-corrected chi connectivity index (χ4v) is 2.56. The lowest BCUT2D eigenvalue weighted by Crippen LogP contribution is -2.10. The number of para-hydroxylation sites is 2. The van der Waals surface area contributed by atoms with Crippen LogP contribution in [0.5, 0.6) is 17.2 Å². The van der Waals surface area contributed by atoms with Gasteiger partial charge in [-0.25, -0.2) is 4.98 Å². The second-order valence-electron chi connectivity index (χ2n) is 5.79. The molecule has 0 atom stereocenters. The molecule has 0 aliphatic rings. The molecule has 0 fully saturated rings. The third-order valence-corrected chi connectivity index (χ3v) is 3.80. The Hall–Kier alpha value is -3.21. The maximum atomic E-state index is 5.81. The zero-order chi connectivity index (χ0) is 18.7. The molecule has 5 nitrogen and oxygen atoms in total. The van der Waals surface area contributed by atoms with E-state index in [2.05, 4.69) is 16.4 Å². The minimum atomic E-state index is 0.445. The van der Waals surface area contributed by atoms with Gasteiger partial charge >= 0.3 is 0 Å². The summed E-state index contributed by atoms with van der Waals surface area (Å²) < 4.78 is 17.1. The molecular formula is C22H24N2O3. The van der Waals surface area contributed by atoms with E-state index in [-0.39, 0.29) is 0 Å². The molecule has 27 heavy (non-hydrogen) atoms. The monoisotopic (exact) mass is 364 g/mol. The van der Waals surface area contributed by atoms with E-state index in [4.69, 9.17) is 14.2 Å². The van der Waals surface area contributed by atoms with Gasteiger partial charge in [0.25, 0.3) is 0 Å². The van der Waals surface area contributed by atoms with Crippen molar-refractivity contribution in [3.63, 3.8) is 0 Å². The molecular weight excluding hydrogens is 340 g/mol. The summed E-state index contributed by atoms with van der Waals surface area (Å²) >= 11 is 0.